The SMILES string of the molecule is Cc1ccc(-n2ncc3c(SCC(=O)Nc4c(C)cc(C)cc4C)ncnc32)cc1. The molecule has 4 rings (SSSR count). The van der Waals surface area contributed by atoms with Crippen LogP contribution in [0.1, 0.15) is 22.3 Å². The minimum absolute atomic E-state index is 0.0623. The summed E-state index contributed by atoms with van der Waals surface area (Å²) in [5, 5.41) is 9.09. The van der Waals surface area contributed by atoms with Gasteiger partial charge in [0.05, 0.1) is 23.0 Å². The van der Waals surface area contributed by atoms with Crippen LogP contribution in [0.25, 0.3) is 16.7 Å². The molecule has 0 radical (unpaired) electrons. The molecule has 6 nitrogen and oxygen atoms in total. The van der Waals surface area contributed by atoms with Crippen LogP contribution in [0, 0.1) is 27.7 Å². The Morgan fingerprint density at radius 2 is 1.70 bits per heavy atom. The number of benzene rings is 2. The molecule has 0 atom stereocenters. The van der Waals surface area contributed by atoms with Crippen molar-refractivity contribution in [2.24, 2.45) is 0 Å². The lowest BCUT2D eigenvalue weighted by Gasteiger charge is -2.12. The van der Waals surface area contributed by atoms with Gasteiger partial charge < -0.3 is 5.32 Å². The van der Waals surface area contributed by atoms with Crippen LogP contribution in [0.2, 0.25) is 0 Å². The summed E-state index contributed by atoms with van der Waals surface area (Å²) >= 11 is 1.39. The smallest absolute Gasteiger partial charge is 0.234 e. The standard InChI is InChI=1S/C23H23N5OS/c1-14-5-7-18(8-6-14)28-22-19(11-26-28)23(25-13-24-22)30-12-20(29)27-21-16(3)9-15(2)10-17(21)4/h5-11,13H,12H2,1-4H3,(H,27,29). The summed E-state index contributed by atoms with van der Waals surface area (Å²) in [6, 6.07) is 12.2. The highest BCUT2D eigenvalue weighted by Gasteiger charge is 2.14. The molecule has 2 heterocycles. The molecular weight excluding hydrogens is 394 g/mol. The van der Waals surface area contributed by atoms with Gasteiger partial charge in [0.1, 0.15) is 11.4 Å². The summed E-state index contributed by atoms with van der Waals surface area (Å²) in [6.07, 6.45) is 3.27. The van der Waals surface area contributed by atoms with Crippen molar-refractivity contribution < 1.29 is 4.79 Å². The molecule has 0 spiro atoms. The predicted octanol–water partition coefficient (Wildman–Crippen LogP) is 4.78. The highest BCUT2D eigenvalue weighted by molar-refractivity contribution is 8.00. The minimum atomic E-state index is -0.0623. The van der Waals surface area contributed by atoms with Gasteiger partial charge in [-0.05, 0) is 51.0 Å². The van der Waals surface area contributed by atoms with E-state index in [0.717, 1.165) is 38.6 Å². The van der Waals surface area contributed by atoms with Crippen molar-refractivity contribution >= 4 is 34.4 Å². The molecule has 0 aliphatic rings. The summed E-state index contributed by atoms with van der Waals surface area (Å²) in [7, 11) is 0. The van der Waals surface area contributed by atoms with Gasteiger partial charge in [0.2, 0.25) is 5.91 Å². The monoisotopic (exact) mass is 417 g/mol. The number of thioether (sulfide) groups is 1. The molecule has 0 aliphatic heterocycles. The van der Waals surface area contributed by atoms with Crippen LogP contribution in [0.5, 0.6) is 0 Å². The zero-order valence-electron chi connectivity index (χ0n) is 17.4. The maximum Gasteiger partial charge on any atom is 0.234 e. The number of aryl methyl sites for hydroxylation is 4. The second-order valence-corrected chi connectivity index (χ2v) is 8.38. The Labute approximate surface area is 179 Å². The number of amides is 1. The van der Waals surface area contributed by atoms with Crippen molar-refractivity contribution in [1.82, 2.24) is 19.7 Å². The number of carbonyl (C=O) groups is 1. The third kappa shape index (κ3) is 4.07. The first-order valence-corrected chi connectivity index (χ1v) is 10.7. The second kappa shape index (κ2) is 8.28. The number of fused-ring (bicyclic) bond motifs is 1. The highest BCUT2D eigenvalue weighted by atomic mass is 32.2. The van der Waals surface area contributed by atoms with Gasteiger partial charge in [0.15, 0.2) is 5.65 Å². The number of anilines is 1. The van der Waals surface area contributed by atoms with E-state index < -0.39 is 0 Å². The summed E-state index contributed by atoms with van der Waals surface area (Å²) in [5.74, 6) is 0.196. The molecule has 1 amide bonds. The Hall–Kier alpha value is -3.19. The molecule has 2 aromatic heterocycles. The van der Waals surface area contributed by atoms with Crippen LogP contribution in [-0.4, -0.2) is 31.4 Å². The third-order valence-electron chi connectivity index (χ3n) is 4.89. The van der Waals surface area contributed by atoms with Crippen LogP contribution < -0.4 is 5.32 Å². The fraction of sp³-hybridized carbons (Fsp3) is 0.217. The maximum absolute atomic E-state index is 12.6. The number of carbonyl (C=O) groups excluding carboxylic acids is 1. The third-order valence-corrected chi connectivity index (χ3v) is 5.89. The van der Waals surface area contributed by atoms with E-state index in [9.17, 15) is 4.79 Å². The maximum atomic E-state index is 12.6. The topological polar surface area (TPSA) is 72.7 Å². The summed E-state index contributed by atoms with van der Waals surface area (Å²) < 4.78 is 1.79. The zero-order valence-corrected chi connectivity index (χ0v) is 18.2. The lowest BCUT2D eigenvalue weighted by Crippen LogP contribution is -2.16. The Bertz CT molecular complexity index is 1210. The molecule has 1 N–H and O–H groups in total. The first kappa shape index (κ1) is 20.1. The second-order valence-electron chi connectivity index (χ2n) is 7.42. The predicted molar refractivity (Wildman–Crippen MR) is 121 cm³/mol. The van der Waals surface area contributed by atoms with Crippen LogP contribution in [0.4, 0.5) is 5.69 Å². The molecule has 2 aromatic carbocycles. The van der Waals surface area contributed by atoms with E-state index in [0.29, 0.717) is 0 Å². The molecule has 4 aromatic rings. The first-order chi connectivity index (χ1) is 14.4. The van der Waals surface area contributed by atoms with E-state index in [1.54, 1.807) is 10.9 Å². The highest BCUT2D eigenvalue weighted by Crippen LogP contribution is 2.27. The zero-order chi connectivity index (χ0) is 21.3. The summed E-state index contributed by atoms with van der Waals surface area (Å²) in [5.41, 5.74) is 7.04. The summed E-state index contributed by atoms with van der Waals surface area (Å²) in [4.78, 5) is 21.3. The normalized spacial score (nSPS) is 11.1. The average molecular weight is 418 g/mol. The summed E-state index contributed by atoms with van der Waals surface area (Å²) in [6.45, 7) is 8.12. The number of rotatable bonds is 5. The lowest BCUT2D eigenvalue weighted by molar-refractivity contribution is -0.113. The lowest BCUT2D eigenvalue weighted by atomic mass is 10.1. The molecule has 152 valence electrons. The Kier molecular flexibility index (Phi) is 5.55. The molecular formula is C23H23N5OS. The Morgan fingerprint density at radius 1 is 1.00 bits per heavy atom. The van der Waals surface area contributed by atoms with E-state index in [1.807, 2.05) is 45.0 Å². The van der Waals surface area contributed by atoms with Gasteiger partial charge in [-0.1, -0.05) is 47.2 Å². The van der Waals surface area contributed by atoms with Gasteiger partial charge >= 0.3 is 0 Å². The largest absolute Gasteiger partial charge is 0.325 e. The van der Waals surface area contributed by atoms with Crippen molar-refractivity contribution in [2.45, 2.75) is 32.7 Å². The van der Waals surface area contributed by atoms with Gasteiger partial charge in [0, 0.05) is 5.69 Å². The molecule has 7 heteroatoms. The van der Waals surface area contributed by atoms with Crippen molar-refractivity contribution in [3.63, 3.8) is 0 Å². The average Bonchev–Trinajstić information content (AvgIpc) is 3.14. The van der Waals surface area contributed by atoms with E-state index in [2.05, 4.69) is 39.4 Å². The van der Waals surface area contributed by atoms with Crippen LogP contribution in [0.15, 0.2) is 53.9 Å². The molecule has 0 fully saturated rings. The van der Waals surface area contributed by atoms with Crippen molar-refractivity contribution in [1.29, 1.82) is 0 Å². The molecule has 0 unspecified atom stereocenters. The Balaban J connectivity index is 1.52. The quantitative estimate of drug-likeness (QED) is 0.374. The molecule has 0 aliphatic carbocycles. The van der Waals surface area contributed by atoms with Crippen molar-refractivity contribution in [3.05, 3.63) is 71.2 Å². The number of hydrogen-bond acceptors (Lipinski definition) is 5. The van der Waals surface area contributed by atoms with Crippen LogP contribution in [0.3, 0.4) is 0 Å². The van der Waals surface area contributed by atoms with E-state index in [-0.39, 0.29) is 11.7 Å². The van der Waals surface area contributed by atoms with Gasteiger partial charge in [0.25, 0.3) is 0 Å². The van der Waals surface area contributed by atoms with E-state index in [4.69, 9.17) is 0 Å². The number of nitrogens with one attached hydrogen (secondary N) is 1. The van der Waals surface area contributed by atoms with Crippen molar-refractivity contribution in [3.8, 4) is 5.69 Å². The van der Waals surface area contributed by atoms with Gasteiger partial charge in [-0.3, -0.25) is 4.79 Å². The minimum Gasteiger partial charge on any atom is -0.325 e. The number of nitrogens with zero attached hydrogens (tertiary/aromatic N) is 4. The van der Waals surface area contributed by atoms with E-state index >= 15 is 0 Å². The van der Waals surface area contributed by atoms with Crippen molar-refractivity contribution in [2.75, 3.05) is 11.1 Å². The van der Waals surface area contributed by atoms with Gasteiger partial charge in [-0.2, -0.15) is 5.10 Å². The number of hydrogen-bond donors (Lipinski definition) is 1. The van der Waals surface area contributed by atoms with Crippen LogP contribution >= 0.6 is 11.8 Å². The number of aromatic nitrogens is 4. The fourth-order valence-corrected chi connectivity index (χ4v) is 4.26. The first-order valence-electron chi connectivity index (χ1n) is 9.68. The Morgan fingerprint density at radius 3 is 2.40 bits per heavy atom. The molecule has 0 saturated heterocycles. The van der Waals surface area contributed by atoms with Crippen LogP contribution in [-0.2, 0) is 4.79 Å². The van der Waals surface area contributed by atoms with Gasteiger partial charge in [-0.15, -0.1) is 0 Å². The molecule has 30 heavy (non-hydrogen) atoms. The molecule has 0 saturated carbocycles. The fourth-order valence-electron chi connectivity index (χ4n) is 3.50. The van der Waals surface area contributed by atoms with E-state index in [1.165, 1.54) is 29.2 Å². The van der Waals surface area contributed by atoms with Gasteiger partial charge in [-0.25, -0.2) is 14.6 Å². The molecule has 0 bridgehead atoms.